The van der Waals surface area contributed by atoms with Crippen molar-refractivity contribution in [3.05, 3.63) is 59.1 Å². The molecule has 2 aromatic rings. The van der Waals surface area contributed by atoms with E-state index in [1.54, 1.807) is 0 Å². The first kappa shape index (κ1) is 17.8. The van der Waals surface area contributed by atoms with E-state index in [0.717, 1.165) is 18.4 Å². The molecular weight excluding hydrogens is 334 g/mol. The molecule has 0 N–H and O–H groups in total. The number of esters is 2. The molecule has 0 bridgehead atoms. The number of aromatic nitrogens is 3. The van der Waals surface area contributed by atoms with E-state index < -0.39 is 11.9 Å². The second-order valence-electron chi connectivity index (χ2n) is 6.14. The smallest absolute Gasteiger partial charge is 0.363 e. The van der Waals surface area contributed by atoms with Gasteiger partial charge in [0.15, 0.2) is 5.69 Å². The predicted octanol–water partition coefficient (Wildman–Crippen LogP) is 3.05. The van der Waals surface area contributed by atoms with E-state index in [4.69, 9.17) is 9.47 Å². The number of rotatable bonds is 5. The van der Waals surface area contributed by atoms with Gasteiger partial charge in [-0.05, 0) is 31.7 Å². The minimum absolute atomic E-state index is 0.179. The van der Waals surface area contributed by atoms with E-state index in [2.05, 4.69) is 10.3 Å². The number of ether oxygens (including phenoxy) is 2. The Morgan fingerprint density at radius 3 is 2.58 bits per heavy atom. The number of hydrogen-bond donors (Lipinski definition) is 0. The van der Waals surface area contributed by atoms with Crippen LogP contribution in [0.25, 0.3) is 0 Å². The number of nitrogens with zero attached hydrogens (tertiary/aromatic N) is 3. The Morgan fingerprint density at radius 2 is 1.85 bits per heavy atom. The van der Waals surface area contributed by atoms with Crippen LogP contribution in [0.2, 0.25) is 0 Å². The Morgan fingerprint density at radius 1 is 1.12 bits per heavy atom. The lowest BCUT2D eigenvalue weighted by Crippen LogP contribution is -2.20. The molecule has 0 amide bonds. The van der Waals surface area contributed by atoms with Crippen LogP contribution in [-0.2, 0) is 14.3 Å². The molecule has 7 heteroatoms. The van der Waals surface area contributed by atoms with E-state index in [-0.39, 0.29) is 11.7 Å². The lowest BCUT2D eigenvalue weighted by atomic mass is 9.98. The Kier molecular flexibility index (Phi) is 5.46. The summed E-state index contributed by atoms with van der Waals surface area (Å²) in [5.74, 6) is -0.638. The van der Waals surface area contributed by atoms with Gasteiger partial charge in [-0.25, -0.2) is 14.3 Å². The van der Waals surface area contributed by atoms with Gasteiger partial charge in [0.05, 0.1) is 24.9 Å². The molecule has 1 aliphatic rings. The van der Waals surface area contributed by atoms with Gasteiger partial charge in [0.2, 0.25) is 0 Å². The largest absolute Gasteiger partial charge is 0.466 e. The minimum Gasteiger partial charge on any atom is -0.466 e. The maximum atomic E-state index is 12.7. The maximum absolute atomic E-state index is 12.7. The predicted molar refractivity (Wildman–Crippen MR) is 93.2 cm³/mol. The third-order valence-corrected chi connectivity index (χ3v) is 4.50. The van der Waals surface area contributed by atoms with Gasteiger partial charge in [0.1, 0.15) is 5.76 Å². The molecule has 0 fully saturated rings. The molecule has 1 aromatic carbocycles. The molecular formula is C19H21N3O4. The van der Waals surface area contributed by atoms with E-state index >= 15 is 0 Å². The van der Waals surface area contributed by atoms with Crippen LogP contribution in [-0.4, -0.2) is 34.0 Å². The van der Waals surface area contributed by atoms with Crippen molar-refractivity contribution in [2.45, 2.75) is 38.6 Å². The van der Waals surface area contributed by atoms with Crippen LogP contribution in [0.15, 0.2) is 47.9 Å². The van der Waals surface area contributed by atoms with Crippen molar-refractivity contribution in [2.75, 3.05) is 7.11 Å². The molecule has 1 aliphatic carbocycles. The van der Waals surface area contributed by atoms with Crippen molar-refractivity contribution in [3.63, 3.8) is 0 Å². The molecule has 1 atom stereocenters. The summed E-state index contributed by atoms with van der Waals surface area (Å²) in [6.45, 7) is 1.93. The standard InChI is InChI=1S/C19H21N3O4/c1-13(14-8-4-3-5-9-14)22-16(12-20-21-22)19(24)26-17-11-7-6-10-15(17)18(23)25-2/h3-5,8-9,12-13H,6-7,10-11H2,1-2H3/t13-/m1/s1. The number of benzene rings is 1. The van der Waals surface area contributed by atoms with Gasteiger partial charge >= 0.3 is 11.9 Å². The highest BCUT2D eigenvalue weighted by atomic mass is 16.5. The highest BCUT2D eigenvalue weighted by Crippen LogP contribution is 2.27. The SMILES string of the molecule is COC(=O)C1=C(OC(=O)c2cnnn2[C@H](C)c2ccccc2)CCCC1. The van der Waals surface area contributed by atoms with Crippen LogP contribution in [0.3, 0.4) is 0 Å². The van der Waals surface area contributed by atoms with E-state index in [1.165, 1.54) is 18.0 Å². The summed E-state index contributed by atoms with van der Waals surface area (Å²) in [5, 5.41) is 7.89. The highest BCUT2D eigenvalue weighted by molar-refractivity contribution is 5.91. The summed E-state index contributed by atoms with van der Waals surface area (Å²) < 4.78 is 11.9. The Bertz CT molecular complexity index is 826. The highest BCUT2D eigenvalue weighted by Gasteiger charge is 2.26. The van der Waals surface area contributed by atoms with Crippen molar-refractivity contribution in [1.29, 1.82) is 0 Å². The zero-order valence-electron chi connectivity index (χ0n) is 14.8. The molecule has 0 aliphatic heterocycles. The molecule has 26 heavy (non-hydrogen) atoms. The first-order valence-corrected chi connectivity index (χ1v) is 8.59. The molecule has 3 rings (SSSR count). The first-order valence-electron chi connectivity index (χ1n) is 8.59. The van der Waals surface area contributed by atoms with E-state index in [9.17, 15) is 9.59 Å². The van der Waals surface area contributed by atoms with E-state index in [0.29, 0.717) is 24.2 Å². The normalized spacial score (nSPS) is 15.5. The van der Waals surface area contributed by atoms with Crippen LogP contribution in [0.4, 0.5) is 0 Å². The molecule has 1 heterocycles. The molecule has 0 saturated heterocycles. The summed E-state index contributed by atoms with van der Waals surface area (Å²) in [5.41, 5.74) is 1.67. The third-order valence-electron chi connectivity index (χ3n) is 4.50. The summed E-state index contributed by atoms with van der Waals surface area (Å²) >= 11 is 0. The van der Waals surface area contributed by atoms with Crippen molar-refractivity contribution in [3.8, 4) is 0 Å². The van der Waals surface area contributed by atoms with Gasteiger partial charge in [-0.3, -0.25) is 0 Å². The fraction of sp³-hybridized carbons (Fsp3) is 0.368. The summed E-state index contributed by atoms with van der Waals surface area (Å²) in [6, 6.07) is 9.52. The lowest BCUT2D eigenvalue weighted by Gasteiger charge is -2.19. The quantitative estimate of drug-likeness (QED) is 0.767. The molecule has 0 spiro atoms. The minimum atomic E-state index is -0.573. The molecule has 0 saturated carbocycles. The van der Waals surface area contributed by atoms with Gasteiger partial charge < -0.3 is 9.47 Å². The van der Waals surface area contributed by atoms with Crippen LogP contribution in [0, 0.1) is 0 Å². The van der Waals surface area contributed by atoms with Gasteiger partial charge in [0.25, 0.3) is 0 Å². The maximum Gasteiger partial charge on any atom is 0.363 e. The Hall–Kier alpha value is -2.96. The zero-order chi connectivity index (χ0) is 18.5. The van der Waals surface area contributed by atoms with Crippen LogP contribution in [0.1, 0.15) is 54.7 Å². The topological polar surface area (TPSA) is 83.3 Å². The fourth-order valence-electron chi connectivity index (χ4n) is 3.04. The molecule has 0 unspecified atom stereocenters. The monoisotopic (exact) mass is 355 g/mol. The van der Waals surface area contributed by atoms with Crippen molar-refractivity contribution < 1.29 is 19.1 Å². The fourth-order valence-corrected chi connectivity index (χ4v) is 3.04. The second kappa shape index (κ2) is 7.95. The first-order chi connectivity index (χ1) is 12.6. The number of carbonyl (C=O) groups excluding carboxylic acids is 2. The Labute approximate surface area is 151 Å². The summed E-state index contributed by atoms with van der Waals surface area (Å²) in [6.07, 6.45) is 4.19. The van der Waals surface area contributed by atoms with Crippen LogP contribution in [0.5, 0.6) is 0 Å². The van der Waals surface area contributed by atoms with E-state index in [1.807, 2.05) is 37.3 Å². The van der Waals surface area contributed by atoms with Gasteiger partial charge in [-0.1, -0.05) is 35.5 Å². The average Bonchev–Trinajstić information content (AvgIpc) is 3.18. The number of carbonyl (C=O) groups is 2. The third kappa shape index (κ3) is 3.66. The summed E-state index contributed by atoms with van der Waals surface area (Å²) in [4.78, 5) is 24.6. The van der Waals surface area contributed by atoms with Crippen LogP contribution >= 0.6 is 0 Å². The molecule has 7 nitrogen and oxygen atoms in total. The summed E-state index contributed by atoms with van der Waals surface area (Å²) in [7, 11) is 1.32. The Balaban J connectivity index is 1.84. The average molecular weight is 355 g/mol. The zero-order valence-corrected chi connectivity index (χ0v) is 14.8. The van der Waals surface area contributed by atoms with Crippen molar-refractivity contribution >= 4 is 11.9 Å². The van der Waals surface area contributed by atoms with Crippen molar-refractivity contribution in [1.82, 2.24) is 15.0 Å². The molecule has 136 valence electrons. The van der Waals surface area contributed by atoms with Crippen LogP contribution < -0.4 is 0 Å². The van der Waals surface area contributed by atoms with Gasteiger partial charge in [0, 0.05) is 6.42 Å². The second-order valence-corrected chi connectivity index (χ2v) is 6.14. The molecule has 0 radical (unpaired) electrons. The number of methoxy groups -OCH3 is 1. The number of allylic oxidation sites excluding steroid dienone is 1. The lowest BCUT2D eigenvalue weighted by molar-refractivity contribution is -0.136. The number of hydrogen-bond acceptors (Lipinski definition) is 6. The van der Waals surface area contributed by atoms with Gasteiger partial charge in [-0.15, -0.1) is 5.10 Å². The van der Waals surface area contributed by atoms with Gasteiger partial charge in [-0.2, -0.15) is 0 Å². The van der Waals surface area contributed by atoms with Crippen molar-refractivity contribution in [2.24, 2.45) is 0 Å². The molecule has 1 aromatic heterocycles.